The first kappa shape index (κ1) is 9.81. The number of hydrogen-bond acceptors (Lipinski definition) is 3. The van der Waals surface area contributed by atoms with Gasteiger partial charge in [0.25, 0.3) is 0 Å². The quantitative estimate of drug-likeness (QED) is 0.750. The lowest BCUT2D eigenvalue weighted by atomic mass is 9.88. The van der Waals surface area contributed by atoms with Crippen molar-refractivity contribution >= 4 is 11.8 Å². The maximum atomic E-state index is 5.26. The number of hydrogen-bond donors (Lipinski definition) is 1. The van der Waals surface area contributed by atoms with E-state index in [1.807, 2.05) is 7.11 Å². The molecule has 1 aliphatic heterocycles. The van der Waals surface area contributed by atoms with Crippen molar-refractivity contribution in [3.63, 3.8) is 0 Å². The molecule has 2 rings (SSSR count). The van der Waals surface area contributed by atoms with E-state index in [0.29, 0.717) is 6.10 Å². The SMILES string of the molecule is COC1CC(NC2CCCSC2)C1. The fourth-order valence-electron chi connectivity index (χ4n) is 2.10. The average molecular weight is 201 g/mol. The topological polar surface area (TPSA) is 21.3 Å². The highest BCUT2D eigenvalue weighted by atomic mass is 32.2. The van der Waals surface area contributed by atoms with Crippen molar-refractivity contribution in [1.82, 2.24) is 5.32 Å². The molecular formula is C10H19NOS. The van der Waals surface area contributed by atoms with Gasteiger partial charge in [-0.25, -0.2) is 0 Å². The van der Waals surface area contributed by atoms with Crippen LogP contribution in [0, 0.1) is 0 Å². The van der Waals surface area contributed by atoms with Crippen molar-refractivity contribution in [3.8, 4) is 0 Å². The van der Waals surface area contributed by atoms with E-state index in [9.17, 15) is 0 Å². The summed E-state index contributed by atoms with van der Waals surface area (Å²) < 4.78 is 5.26. The van der Waals surface area contributed by atoms with Gasteiger partial charge in [-0.2, -0.15) is 11.8 Å². The Balaban J connectivity index is 1.62. The molecule has 13 heavy (non-hydrogen) atoms. The Bertz CT molecular complexity index is 153. The van der Waals surface area contributed by atoms with Crippen LogP contribution in [-0.4, -0.2) is 36.8 Å². The molecule has 0 bridgehead atoms. The molecule has 2 nitrogen and oxygen atoms in total. The van der Waals surface area contributed by atoms with E-state index < -0.39 is 0 Å². The van der Waals surface area contributed by atoms with Crippen molar-refractivity contribution in [2.24, 2.45) is 0 Å². The van der Waals surface area contributed by atoms with Gasteiger partial charge in [0, 0.05) is 24.9 Å². The minimum absolute atomic E-state index is 0.536. The maximum absolute atomic E-state index is 5.26. The second kappa shape index (κ2) is 4.67. The fraction of sp³-hybridized carbons (Fsp3) is 1.00. The van der Waals surface area contributed by atoms with E-state index in [4.69, 9.17) is 4.74 Å². The molecule has 1 atom stereocenters. The highest BCUT2D eigenvalue weighted by Gasteiger charge is 2.30. The summed E-state index contributed by atoms with van der Waals surface area (Å²) in [6, 6.07) is 1.52. The lowest BCUT2D eigenvalue weighted by molar-refractivity contribution is 0.0146. The molecule has 1 aliphatic carbocycles. The third-order valence-electron chi connectivity index (χ3n) is 3.06. The van der Waals surface area contributed by atoms with Crippen LogP contribution in [0.4, 0.5) is 0 Å². The van der Waals surface area contributed by atoms with E-state index >= 15 is 0 Å². The lowest BCUT2D eigenvalue weighted by Gasteiger charge is -2.38. The molecule has 0 amide bonds. The molecule has 0 aromatic heterocycles. The molecule has 0 spiro atoms. The Hall–Kier alpha value is 0.270. The van der Waals surface area contributed by atoms with Gasteiger partial charge in [0.15, 0.2) is 0 Å². The first-order valence-corrected chi connectivity index (χ1v) is 6.40. The smallest absolute Gasteiger partial charge is 0.0601 e. The number of rotatable bonds is 3. The van der Waals surface area contributed by atoms with Gasteiger partial charge in [0.05, 0.1) is 6.10 Å². The van der Waals surface area contributed by atoms with Crippen LogP contribution < -0.4 is 5.32 Å². The van der Waals surface area contributed by atoms with Crippen LogP contribution >= 0.6 is 11.8 Å². The molecule has 76 valence electrons. The molecule has 1 heterocycles. The molecule has 2 aliphatic rings. The van der Waals surface area contributed by atoms with Crippen LogP contribution in [-0.2, 0) is 4.74 Å². The van der Waals surface area contributed by atoms with Crippen molar-refractivity contribution in [2.45, 2.75) is 43.9 Å². The zero-order valence-corrected chi connectivity index (χ0v) is 9.11. The fourth-order valence-corrected chi connectivity index (χ4v) is 3.18. The molecule has 1 saturated heterocycles. The third kappa shape index (κ3) is 2.61. The summed E-state index contributed by atoms with van der Waals surface area (Å²) in [4.78, 5) is 0. The maximum Gasteiger partial charge on any atom is 0.0601 e. The Morgan fingerprint density at radius 3 is 2.77 bits per heavy atom. The first-order valence-electron chi connectivity index (χ1n) is 5.25. The van der Waals surface area contributed by atoms with Gasteiger partial charge >= 0.3 is 0 Å². The van der Waals surface area contributed by atoms with E-state index in [1.54, 1.807) is 0 Å². The first-order chi connectivity index (χ1) is 6.38. The standard InChI is InChI=1S/C10H19NOS/c1-12-10-5-9(6-10)11-8-3-2-4-13-7-8/h8-11H,2-7H2,1H3. The Morgan fingerprint density at radius 1 is 1.31 bits per heavy atom. The van der Waals surface area contributed by atoms with Crippen LogP contribution in [0.5, 0.6) is 0 Å². The molecule has 2 fully saturated rings. The van der Waals surface area contributed by atoms with Crippen molar-refractivity contribution < 1.29 is 4.74 Å². The van der Waals surface area contributed by atoms with Gasteiger partial charge in [-0.05, 0) is 31.4 Å². The highest BCUT2D eigenvalue weighted by molar-refractivity contribution is 7.99. The summed E-state index contributed by atoms with van der Waals surface area (Å²) in [6.07, 6.45) is 5.74. The van der Waals surface area contributed by atoms with Crippen LogP contribution in [0.2, 0.25) is 0 Å². The number of methoxy groups -OCH3 is 1. The number of nitrogens with one attached hydrogen (secondary N) is 1. The molecule has 3 heteroatoms. The van der Waals surface area contributed by atoms with E-state index in [0.717, 1.165) is 12.1 Å². The zero-order valence-electron chi connectivity index (χ0n) is 8.29. The summed E-state index contributed by atoms with van der Waals surface area (Å²) in [6.45, 7) is 0. The molecular weight excluding hydrogens is 182 g/mol. The Labute approximate surface area is 84.8 Å². The second-order valence-corrected chi connectivity index (χ2v) is 5.26. The minimum Gasteiger partial charge on any atom is -0.381 e. The summed E-state index contributed by atoms with van der Waals surface area (Å²) in [5.74, 6) is 2.68. The second-order valence-electron chi connectivity index (χ2n) is 4.11. The zero-order chi connectivity index (χ0) is 9.10. The van der Waals surface area contributed by atoms with Crippen molar-refractivity contribution in [1.29, 1.82) is 0 Å². The minimum atomic E-state index is 0.536. The Kier molecular flexibility index (Phi) is 3.52. The van der Waals surface area contributed by atoms with Gasteiger partial charge in [-0.3, -0.25) is 0 Å². The molecule has 1 unspecified atom stereocenters. The van der Waals surface area contributed by atoms with E-state index in [2.05, 4.69) is 17.1 Å². The van der Waals surface area contributed by atoms with Crippen LogP contribution in [0.3, 0.4) is 0 Å². The monoisotopic (exact) mass is 201 g/mol. The van der Waals surface area contributed by atoms with Crippen molar-refractivity contribution in [2.75, 3.05) is 18.6 Å². The summed E-state index contributed by atoms with van der Waals surface area (Å²) in [5, 5.41) is 3.72. The van der Waals surface area contributed by atoms with Gasteiger partial charge < -0.3 is 10.1 Å². The van der Waals surface area contributed by atoms with Gasteiger partial charge in [0.2, 0.25) is 0 Å². The largest absolute Gasteiger partial charge is 0.381 e. The van der Waals surface area contributed by atoms with Gasteiger partial charge in [-0.15, -0.1) is 0 Å². The van der Waals surface area contributed by atoms with Crippen LogP contribution in [0.1, 0.15) is 25.7 Å². The Morgan fingerprint density at radius 2 is 2.15 bits per heavy atom. The molecule has 0 radical (unpaired) electrons. The van der Waals surface area contributed by atoms with Crippen LogP contribution in [0.25, 0.3) is 0 Å². The summed E-state index contributed by atoms with van der Waals surface area (Å²) in [5.41, 5.74) is 0. The molecule has 0 aromatic carbocycles. The normalized spacial score (nSPS) is 39.9. The highest BCUT2D eigenvalue weighted by Crippen LogP contribution is 2.25. The van der Waals surface area contributed by atoms with Gasteiger partial charge in [-0.1, -0.05) is 0 Å². The molecule has 1 N–H and O–H groups in total. The molecule has 0 aromatic rings. The number of thioether (sulfide) groups is 1. The van der Waals surface area contributed by atoms with E-state index in [-0.39, 0.29) is 0 Å². The van der Waals surface area contributed by atoms with E-state index in [1.165, 1.54) is 37.2 Å². The predicted molar refractivity (Wildman–Crippen MR) is 57.3 cm³/mol. The summed E-state index contributed by atoms with van der Waals surface area (Å²) >= 11 is 2.09. The number of ether oxygens (including phenoxy) is 1. The lowest BCUT2D eigenvalue weighted by Crippen LogP contribution is -2.50. The van der Waals surface area contributed by atoms with Gasteiger partial charge in [0.1, 0.15) is 0 Å². The predicted octanol–water partition coefficient (Wildman–Crippen LogP) is 1.65. The summed E-state index contributed by atoms with van der Waals surface area (Å²) in [7, 11) is 1.82. The third-order valence-corrected chi connectivity index (χ3v) is 4.28. The van der Waals surface area contributed by atoms with Crippen LogP contribution in [0.15, 0.2) is 0 Å². The average Bonchev–Trinajstić information content (AvgIpc) is 2.12. The molecule has 1 saturated carbocycles. The van der Waals surface area contributed by atoms with Crippen molar-refractivity contribution in [3.05, 3.63) is 0 Å².